The number of carbonyl (C=O) groups is 1. The largest absolute Gasteiger partial charge is 0.367 e. The highest BCUT2D eigenvalue weighted by Crippen LogP contribution is 2.32. The number of hydrogen-bond donors (Lipinski definition) is 1. The summed E-state index contributed by atoms with van der Waals surface area (Å²) in [5, 5.41) is 2.28. The van der Waals surface area contributed by atoms with Crippen LogP contribution in [0, 0.1) is 0 Å². The smallest absolute Gasteiger partial charge is 0.219 e. The quantitative estimate of drug-likeness (QED) is 0.743. The van der Waals surface area contributed by atoms with E-state index >= 15 is 0 Å². The first-order chi connectivity index (χ1) is 10.7. The Hall–Kier alpha value is -2.63. The number of fused-ring (bicyclic) bond motifs is 3. The molecule has 4 rings (SSSR count). The summed E-state index contributed by atoms with van der Waals surface area (Å²) in [5.74, 6) is 0.151. The van der Waals surface area contributed by atoms with E-state index in [4.69, 9.17) is 0 Å². The van der Waals surface area contributed by atoms with Crippen LogP contribution in [0.5, 0.6) is 0 Å². The molecule has 0 saturated carbocycles. The van der Waals surface area contributed by atoms with Crippen LogP contribution in [0.1, 0.15) is 6.92 Å². The Morgan fingerprint density at radius 3 is 2.77 bits per heavy atom. The second kappa shape index (κ2) is 4.98. The number of rotatable bonds is 1. The van der Waals surface area contributed by atoms with Crippen molar-refractivity contribution in [1.82, 2.24) is 19.9 Å². The lowest BCUT2D eigenvalue weighted by Crippen LogP contribution is -2.48. The van der Waals surface area contributed by atoms with E-state index in [0.29, 0.717) is 0 Å². The Labute approximate surface area is 127 Å². The molecule has 3 aromatic heterocycles. The number of amides is 1. The third-order valence-electron chi connectivity index (χ3n) is 4.34. The molecule has 3 aromatic rings. The van der Waals surface area contributed by atoms with Gasteiger partial charge in [0.25, 0.3) is 0 Å². The molecule has 1 saturated heterocycles. The van der Waals surface area contributed by atoms with E-state index in [9.17, 15) is 4.79 Å². The standard InChI is InChI=1S/C16H17N5O/c1-11(22)20-6-8-21(9-7-20)14-3-5-18-16-15(14)12-2-4-17-10-13(12)19-16/h2-5,10H,6-9H2,1H3,(H,18,19). The first-order valence-electron chi connectivity index (χ1n) is 7.45. The number of hydrogen-bond acceptors (Lipinski definition) is 4. The number of nitrogens with zero attached hydrogens (tertiary/aromatic N) is 4. The fourth-order valence-electron chi connectivity index (χ4n) is 3.18. The van der Waals surface area contributed by atoms with Crippen LogP contribution in [0.15, 0.2) is 30.7 Å². The highest BCUT2D eigenvalue weighted by Gasteiger charge is 2.21. The SMILES string of the molecule is CC(=O)N1CCN(c2ccnc3[nH]c4cnccc4c23)CC1. The van der Waals surface area contributed by atoms with Gasteiger partial charge in [0.1, 0.15) is 5.65 Å². The lowest BCUT2D eigenvalue weighted by molar-refractivity contribution is -0.129. The summed E-state index contributed by atoms with van der Waals surface area (Å²) in [6.07, 6.45) is 5.46. The minimum absolute atomic E-state index is 0.151. The highest BCUT2D eigenvalue weighted by atomic mass is 16.2. The minimum atomic E-state index is 0.151. The Morgan fingerprint density at radius 1 is 1.18 bits per heavy atom. The topological polar surface area (TPSA) is 65.1 Å². The maximum Gasteiger partial charge on any atom is 0.219 e. The second-order valence-electron chi connectivity index (χ2n) is 5.59. The van der Waals surface area contributed by atoms with Crippen LogP contribution in [0.4, 0.5) is 5.69 Å². The summed E-state index contributed by atoms with van der Waals surface area (Å²) in [6, 6.07) is 4.07. The van der Waals surface area contributed by atoms with Crippen molar-refractivity contribution in [2.45, 2.75) is 6.92 Å². The third-order valence-corrected chi connectivity index (χ3v) is 4.34. The van der Waals surface area contributed by atoms with Gasteiger partial charge in [-0.1, -0.05) is 0 Å². The van der Waals surface area contributed by atoms with E-state index in [1.54, 1.807) is 13.1 Å². The van der Waals surface area contributed by atoms with Crippen molar-refractivity contribution >= 4 is 33.5 Å². The summed E-state index contributed by atoms with van der Waals surface area (Å²) in [7, 11) is 0. The van der Waals surface area contributed by atoms with E-state index in [-0.39, 0.29) is 5.91 Å². The molecule has 0 aliphatic carbocycles. The van der Waals surface area contributed by atoms with Gasteiger partial charge in [0.15, 0.2) is 0 Å². The van der Waals surface area contributed by atoms with E-state index < -0.39 is 0 Å². The number of anilines is 1. The molecule has 6 heteroatoms. The first-order valence-corrected chi connectivity index (χ1v) is 7.45. The molecule has 0 radical (unpaired) electrons. The van der Waals surface area contributed by atoms with Crippen LogP contribution in [-0.2, 0) is 4.79 Å². The number of piperazine rings is 1. The van der Waals surface area contributed by atoms with Crippen LogP contribution in [0.3, 0.4) is 0 Å². The fraction of sp³-hybridized carbons (Fsp3) is 0.312. The number of aromatic nitrogens is 3. The molecule has 22 heavy (non-hydrogen) atoms. The zero-order valence-corrected chi connectivity index (χ0v) is 12.4. The average Bonchev–Trinajstić information content (AvgIpc) is 2.93. The Balaban J connectivity index is 1.77. The lowest BCUT2D eigenvalue weighted by Gasteiger charge is -2.35. The van der Waals surface area contributed by atoms with Gasteiger partial charge in [-0.05, 0) is 12.1 Å². The van der Waals surface area contributed by atoms with Crippen LogP contribution in [0.25, 0.3) is 21.9 Å². The fourth-order valence-corrected chi connectivity index (χ4v) is 3.18. The van der Waals surface area contributed by atoms with Crippen LogP contribution < -0.4 is 4.90 Å². The molecule has 1 aliphatic heterocycles. The molecule has 4 heterocycles. The number of carbonyl (C=O) groups excluding carboxylic acids is 1. The summed E-state index contributed by atoms with van der Waals surface area (Å²) >= 11 is 0. The normalized spacial score (nSPS) is 15.7. The molecule has 0 aromatic carbocycles. The van der Waals surface area contributed by atoms with Crippen molar-refractivity contribution in [3.63, 3.8) is 0 Å². The molecule has 1 aliphatic rings. The second-order valence-corrected chi connectivity index (χ2v) is 5.59. The number of pyridine rings is 2. The maximum absolute atomic E-state index is 11.5. The third kappa shape index (κ3) is 1.99. The van der Waals surface area contributed by atoms with Crippen molar-refractivity contribution in [1.29, 1.82) is 0 Å². The van der Waals surface area contributed by atoms with Gasteiger partial charge in [0.2, 0.25) is 5.91 Å². The van der Waals surface area contributed by atoms with Crippen LogP contribution >= 0.6 is 0 Å². The van der Waals surface area contributed by atoms with E-state index in [2.05, 4.69) is 25.9 Å². The molecular formula is C16H17N5O. The molecular weight excluding hydrogens is 278 g/mol. The molecule has 112 valence electrons. The summed E-state index contributed by atoms with van der Waals surface area (Å²) in [6.45, 7) is 4.85. The monoisotopic (exact) mass is 295 g/mol. The van der Waals surface area contributed by atoms with Crippen LogP contribution in [-0.4, -0.2) is 51.9 Å². The van der Waals surface area contributed by atoms with Gasteiger partial charge in [-0.3, -0.25) is 9.78 Å². The van der Waals surface area contributed by atoms with Crippen molar-refractivity contribution in [2.75, 3.05) is 31.1 Å². The molecule has 1 amide bonds. The highest BCUT2D eigenvalue weighted by molar-refractivity contribution is 6.11. The van der Waals surface area contributed by atoms with Crippen molar-refractivity contribution in [3.8, 4) is 0 Å². The van der Waals surface area contributed by atoms with Gasteiger partial charge in [-0.25, -0.2) is 4.98 Å². The molecule has 1 fully saturated rings. The van der Waals surface area contributed by atoms with Gasteiger partial charge in [0, 0.05) is 50.9 Å². The van der Waals surface area contributed by atoms with E-state index in [1.165, 1.54) is 5.69 Å². The van der Waals surface area contributed by atoms with Gasteiger partial charge in [-0.15, -0.1) is 0 Å². The maximum atomic E-state index is 11.5. The van der Waals surface area contributed by atoms with Crippen molar-refractivity contribution in [2.24, 2.45) is 0 Å². The van der Waals surface area contributed by atoms with Gasteiger partial charge < -0.3 is 14.8 Å². The van der Waals surface area contributed by atoms with Gasteiger partial charge in [-0.2, -0.15) is 0 Å². The van der Waals surface area contributed by atoms with Crippen molar-refractivity contribution in [3.05, 3.63) is 30.7 Å². The first kappa shape index (κ1) is 13.1. The number of H-pyrrole nitrogens is 1. The molecule has 1 N–H and O–H groups in total. The predicted molar refractivity (Wildman–Crippen MR) is 85.9 cm³/mol. The molecule has 0 bridgehead atoms. The number of aromatic amines is 1. The van der Waals surface area contributed by atoms with Crippen LogP contribution in [0.2, 0.25) is 0 Å². The van der Waals surface area contributed by atoms with Gasteiger partial charge >= 0.3 is 0 Å². The molecule has 0 unspecified atom stereocenters. The molecule has 0 atom stereocenters. The number of nitrogens with one attached hydrogen (secondary N) is 1. The predicted octanol–water partition coefficient (Wildman–Crippen LogP) is 1.78. The molecule has 6 nitrogen and oxygen atoms in total. The van der Waals surface area contributed by atoms with Gasteiger partial charge in [0.05, 0.1) is 22.8 Å². The zero-order valence-electron chi connectivity index (χ0n) is 12.4. The summed E-state index contributed by atoms with van der Waals surface area (Å²) < 4.78 is 0. The average molecular weight is 295 g/mol. The summed E-state index contributed by atoms with van der Waals surface area (Å²) in [4.78, 5) is 27.6. The Morgan fingerprint density at radius 2 is 2.00 bits per heavy atom. The lowest BCUT2D eigenvalue weighted by atomic mass is 10.1. The Bertz CT molecular complexity index is 848. The molecule has 0 spiro atoms. The van der Waals surface area contributed by atoms with Crippen molar-refractivity contribution < 1.29 is 4.79 Å². The minimum Gasteiger partial charge on any atom is -0.367 e. The summed E-state index contributed by atoms with van der Waals surface area (Å²) in [5.41, 5.74) is 3.06. The van der Waals surface area contributed by atoms with E-state index in [0.717, 1.165) is 48.1 Å². The Kier molecular flexibility index (Phi) is 2.96. The van der Waals surface area contributed by atoms with E-state index in [1.807, 2.05) is 23.4 Å². The zero-order chi connectivity index (χ0) is 15.1.